The van der Waals surface area contributed by atoms with Crippen molar-refractivity contribution in [3.63, 3.8) is 0 Å². The zero-order chi connectivity index (χ0) is 14.0. The molecule has 0 aliphatic heterocycles. The molecule has 1 aromatic carbocycles. The van der Waals surface area contributed by atoms with Crippen LogP contribution in [0, 0.1) is 20.6 Å². The second kappa shape index (κ2) is 5.55. The molecule has 0 amide bonds. The molecule has 1 aromatic heterocycles. The van der Waals surface area contributed by atoms with Crippen molar-refractivity contribution in [2.75, 3.05) is 0 Å². The first-order chi connectivity index (χ1) is 9.02. The highest BCUT2D eigenvalue weighted by Gasteiger charge is 2.27. The zero-order valence-corrected chi connectivity index (χ0v) is 12.6. The highest BCUT2D eigenvalue weighted by molar-refractivity contribution is 14.1. The lowest BCUT2D eigenvalue weighted by Crippen LogP contribution is -2.01. The van der Waals surface area contributed by atoms with Crippen LogP contribution in [0.4, 0.5) is 5.69 Å². The number of hydrogen-bond acceptors (Lipinski definition) is 4. The van der Waals surface area contributed by atoms with E-state index >= 15 is 0 Å². The maximum atomic E-state index is 11.1. The summed E-state index contributed by atoms with van der Waals surface area (Å²) in [6.45, 7) is 3.97. The predicted molar refractivity (Wildman–Crippen MR) is 78.5 cm³/mol. The normalized spacial score (nSPS) is 10.5. The van der Waals surface area contributed by atoms with E-state index in [0.29, 0.717) is 18.0 Å². The molecule has 0 saturated carbocycles. The van der Waals surface area contributed by atoms with Gasteiger partial charge in [0.1, 0.15) is 11.4 Å². The minimum atomic E-state index is -0.461. The molecule has 6 nitrogen and oxygen atoms in total. The third kappa shape index (κ3) is 2.86. The van der Waals surface area contributed by atoms with Gasteiger partial charge in [0.2, 0.25) is 0 Å². The number of hydrogen-bond donors (Lipinski definition) is 0. The Labute approximate surface area is 123 Å². The standard InChI is InChI=1S/C12H12IN3O3/c1-3-15-12(11(16(17)18)8(2)14-15)19-10-6-4-5-9(13)7-10/h4-7H,3H2,1-2H3. The lowest BCUT2D eigenvalue weighted by atomic mass is 10.3. The molecule has 0 atom stereocenters. The SMILES string of the molecule is CCn1nc(C)c([N+](=O)[O-])c1Oc1cccc(I)c1. The fourth-order valence-corrected chi connectivity index (χ4v) is 2.23. The molecular formula is C12H12IN3O3. The Morgan fingerprint density at radius 1 is 1.53 bits per heavy atom. The fraction of sp³-hybridized carbons (Fsp3) is 0.250. The number of ether oxygens (including phenoxy) is 1. The molecule has 0 N–H and O–H groups in total. The monoisotopic (exact) mass is 373 g/mol. The van der Waals surface area contributed by atoms with Gasteiger partial charge in [0.15, 0.2) is 0 Å². The van der Waals surface area contributed by atoms with Crippen LogP contribution in [0.5, 0.6) is 11.6 Å². The number of benzene rings is 1. The summed E-state index contributed by atoms with van der Waals surface area (Å²) in [6.07, 6.45) is 0. The Morgan fingerprint density at radius 2 is 2.26 bits per heavy atom. The van der Waals surface area contributed by atoms with Crippen molar-refractivity contribution >= 4 is 28.3 Å². The highest BCUT2D eigenvalue weighted by atomic mass is 127. The molecule has 0 saturated heterocycles. The Bertz CT molecular complexity index is 625. The largest absolute Gasteiger partial charge is 0.434 e. The van der Waals surface area contributed by atoms with Crippen LogP contribution in [-0.4, -0.2) is 14.7 Å². The zero-order valence-electron chi connectivity index (χ0n) is 10.5. The molecule has 7 heteroatoms. The summed E-state index contributed by atoms with van der Waals surface area (Å²) in [5.41, 5.74) is 0.271. The molecule has 0 unspecified atom stereocenters. The van der Waals surface area contributed by atoms with E-state index in [-0.39, 0.29) is 11.6 Å². The first-order valence-electron chi connectivity index (χ1n) is 5.68. The van der Waals surface area contributed by atoms with Gasteiger partial charge in [-0.3, -0.25) is 10.1 Å². The lowest BCUT2D eigenvalue weighted by Gasteiger charge is -2.06. The quantitative estimate of drug-likeness (QED) is 0.467. The van der Waals surface area contributed by atoms with Crippen molar-refractivity contribution in [1.29, 1.82) is 0 Å². The van der Waals surface area contributed by atoms with Gasteiger partial charge in [-0.05, 0) is 54.6 Å². The van der Waals surface area contributed by atoms with Gasteiger partial charge in [0.25, 0.3) is 5.88 Å². The summed E-state index contributed by atoms with van der Waals surface area (Å²) >= 11 is 2.16. The summed E-state index contributed by atoms with van der Waals surface area (Å²) < 4.78 is 8.14. The Hall–Kier alpha value is -1.64. The molecular weight excluding hydrogens is 361 g/mol. The average molecular weight is 373 g/mol. The number of aromatic nitrogens is 2. The van der Waals surface area contributed by atoms with E-state index in [0.717, 1.165) is 3.57 Å². The van der Waals surface area contributed by atoms with Gasteiger partial charge < -0.3 is 4.74 Å². The second-order valence-electron chi connectivity index (χ2n) is 3.87. The molecule has 0 aliphatic carbocycles. The van der Waals surface area contributed by atoms with Gasteiger partial charge in [-0.15, -0.1) is 0 Å². The van der Waals surface area contributed by atoms with Gasteiger partial charge in [-0.25, -0.2) is 4.68 Å². The summed E-state index contributed by atoms with van der Waals surface area (Å²) in [6, 6.07) is 7.33. The van der Waals surface area contributed by atoms with Crippen molar-refractivity contribution in [2.45, 2.75) is 20.4 Å². The maximum absolute atomic E-state index is 11.1. The van der Waals surface area contributed by atoms with Crippen molar-refractivity contribution in [1.82, 2.24) is 9.78 Å². The average Bonchev–Trinajstić information content (AvgIpc) is 2.65. The van der Waals surface area contributed by atoms with Crippen LogP contribution in [0.2, 0.25) is 0 Å². The van der Waals surface area contributed by atoms with E-state index in [4.69, 9.17) is 4.74 Å². The van der Waals surface area contributed by atoms with Crippen molar-refractivity contribution in [3.8, 4) is 11.6 Å². The van der Waals surface area contributed by atoms with Crippen LogP contribution in [-0.2, 0) is 6.54 Å². The van der Waals surface area contributed by atoms with Crippen molar-refractivity contribution in [2.24, 2.45) is 0 Å². The number of nitro groups is 1. The molecule has 0 aliphatic rings. The molecule has 2 aromatic rings. The van der Waals surface area contributed by atoms with Crippen molar-refractivity contribution < 1.29 is 9.66 Å². The summed E-state index contributed by atoms with van der Waals surface area (Å²) in [7, 11) is 0. The van der Waals surface area contributed by atoms with E-state index in [9.17, 15) is 10.1 Å². The Balaban J connectivity index is 2.46. The first-order valence-corrected chi connectivity index (χ1v) is 6.76. The van der Waals surface area contributed by atoms with Gasteiger partial charge in [0.05, 0.1) is 4.92 Å². The topological polar surface area (TPSA) is 70.2 Å². The summed E-state index contributed by atoms with van der Waals surface area (Å²) in [5, 5.41) is 15.2. The van der Waals surface area contributed by atoms with Crippen molar-refractivity contribution in [3.05, 3.63) is 43.6 Å². The van der Waals surface area contributed by atoms with Crippen LogP contribution < -0.4 is 4.74 Å². The summed E-state index contributed by atoms with van der Waals surface area (Å²) in [4.78, 5) is 10.6. The minimum absolute atomic E-state index is 0.0827. The fourth-order valence-electron chi connectivity index (χ4n) is 1.72. The Kier molecular flexibility index (Phi) is 4.03. The van der Waals surface area contributed by atoms with E-state index in [1.165, 1.54) is 4.68 Å². The van der Waals surface area contributed by atoms with Crippen LogP contribution in [0.25, 0.3) is 0 Å². The number of aryl methyl sites for hydroxylation is 2. The van der Waals surface area contributed by atoms with Gasteiger partial charge in [0, 0.05) is 10.1 Å². The van der Waals surface area contributed by atoms with Crippen LogP contribution >= 0.6 is 22.6 Å². The molecule has 19 heavy (non-hydrogen) atoms. The molecule has 0 fully saturated rings. The molecule has 0 bridgehead atoms. The lowest BCUT2D eigenvalue weighted by molar-refractivity contribution is -0.386. The first kappa shape index (κ1) is 13.8. The number of nitrogens with zero attached hydrogens (tertiary/aromatic N) is 3. The van der Waals surface area contributed by atoms with Crippen LogP contribution in [0.15, 0.2) is 24.3 Å². The van der Waals surface area contributed by atoms with E-state index in [1.54, 1.807) is 13.0 Å². The smallest absolute Gasteiger partial charge is 0.353 e. The highest BCUT2D eigenvalue weighted by Crippen LogP contribution is 2.34. The number of rotatable bonds is 4. The van der Waals surface area contributed by atoms with Gasteiger partial charge >= 0.3 is 5.69 Å². The molecule has 0 radical (unpaired) electrons. The number of halogens is 1. The summed E-state index contributed by atoms with van der Waals surface area (Å²) in [5.74, 6) is 0.733. The minimum Gasteiger partial charge on any atom is -0.434 e. The molecule has 2 rings (SSSR count). The van der Waals surface area contributed by atoms with E-state index < -0.39 is 4.92 Å². The molecule has 0 spiro atoms. The van der Waals surface area contributed by atoms with Crippen LogP contribution in [0.3, 0.4) is 0 Å². The molecule has 1 heterocycles. The van der Waals surface area contributed by atoms with E-state index in [1.807, 2.05) is 25.1 Å². The predicted octanol–water partition coefficient (Wildman–Crippen LogP) is 3.52. The van der Waals surface area contributed by atoms with Crippen LogP contribution in [0.1, 0.15) is 12.6 Å². The van der Waals surface area contributed by atoms with E-state index in [2.05, 4.69) is 27.7 Å². The second-order valence-corrected chi connectivity index (χ2v) is 5.12. The van der Waals surface area contributed by atoms with Gasteiger partial charge in [-0.2, -0.15) is 5.10 Å². The third-order valence-electron chi connectivity index (χ3n) is 2.54. The Morgan fingerprint density at radius 3 is 2.84 bits per heavy atom. The third-order valence-corrected chi connectivity index (χ3v) is 3.21. The van der Waals surface area contributed by atoms with Gasteiger partial charge in [-0.1, -0.05) is 6.07 Å². The maximum Gasteiger partial charge on any atom is 0.353 e. The molecule has 100 valence electrons.